The quantitative estimate of drug-likeness (QED) is 0.887. The number of fused-ring (bicyclic) bond motifs is 1. The number of hydrogen-bond acceptors (Lipinski definition) is 4. The molecule has 0 aromatic heterocycles. The van der Waals surface area contributed by atoms with E-state index < -0.39 is 0 Å². The summed E-state index contributed by atoms with van der Waals surface area (Å²) in [5.74, 6) is 1.14. The van der Waals surface area contributed by atoms with Crippen LogP contribution in [0.2, 0.25) is 5.02 Å². The average molecular weight is 340 g/mol. The molecule has 0 spiro atoms. The van der Waals surface area contributed by atoms with Gasteiger partial charge in [-0.1, -0.05) is 11.6 Å². The summed E-state index contributed by atoms with van der Waals surface area (Å²) < 4.78 is 11.2. The first-order chi connectivity index (χ1) is 11.1. The molecule has 1 aliphatic carbocycles. The van der Waals surface area contributed by atoms with E-state index in [2.05, 4.69) is 5.32 Å². The number of carbonyl (C=O) groups is 1. The lowest BCUT2D eigenvalue weighted by molar-refractivity contribution is -0.121. The second kappa shape index (κ2) is 7.41. The van der Waals surface area contributed by atoms with Gasteiger partial charge in [-0.25, -0.2) is 0 Å². The Labute approximate surface area is 140 Å². The minimum atomic E-state index is -0.219. The Hall–Kier alpha value is -1.46. The molecule has 3 rings (SSSR count). The van der Waals surface area contributed by atoms with E-state index in [9.17, 15) is 9.90 Å². The lowest BCUT2D eigenvalue weighted by atomic mass is 9.93. The van der Waals surface area contributed by atoms with E-state index in [1.807, 2.05) is 6.07 Å². The highest BCUT2D eigenvalue weighted by atomic mass is 35.5. The van der Waals surface area contributed by atoms with Crippen molar-refractivity contribution in [1.29, 1.82) is 0 Å². The standard InChI is InChI=1S/C17H22ClNO4/c18-14-8-11(9-15-17(14)23-7-1-6-22-15)10-16(21)19-12-2-4-13(20)5-3-12/h8-9,12-13,20H,1-7,10H2,(H,19,21). The van der Waals surface area contributed by atoms with Gasteiger partial charge in [0, 0.05) is 12.5 Å². The summed E-state index contributed by atoms with van der Waals surface area (Å²) in [6, 6.07) is 3.75. The van der Waals surface area contributed by atoms with E-state index in [0.717, 1.165) is 37.7 Å². The van der Waals surface area contributed by atoms with Gasteiger partial charge < -0.3 is 19.9 Å². The number of hydrogen-bond donors (Lipinski definition) is 2. The van der Waals surface area contributed by atoms with Crippen molar-refractivity contribution in [2.24, 2.45) is 0 Å². The fourth-order valence-corrected chi connectivity index (χ4v) is 3.36. The first-order valence-electron chi connectivity index (χ1n) is 8.17. The third kappa shape index (κ3) is 4.30. The highest BCUT2D eigenvalue weighted by Gasteiger charge is 2.21. The van der Waals surface area contributed by atoms with Crippen LogP contribution in [0.5, 0.6) is 11.5 Å². The molecule has 2 N–H and O–H groups in total. The number of aliphatic hydroxyl groups excluding tert-OH is 1. The number of benzene rings is 1. The molecule has 0 saturated heterocycles. The fourth-order valence-electron chi connectivity index (χ4n) is 3.07. The Morgan fingerprint density at radius 1 is 1.22 bits per heavy atom. The number of halogens is 1. The van der Waals surface area contributed by atoms with Crippen molar-refractivity contribution in [3.05, 3.63) is 22.7 Å². The molecule has 0 unspecified atom stereocenters. The molecule has 0 bridgehead atoms. The molecular formula is C17H22ClNO4. The first-order valence-corrected chi connectivity index (χ1v) is 8.55. The van der Waals surface area contributed by atoms with Crippen LogP contribution in [0, 0.1) is 0 Å². The fraction of sp³-hybridized carbons (Fsp3) is 0.588. The largest absolute Gasteiger partial charge is 0.489 e. The third-order valence-electron chi connectivity index (χ3n) is 4.29. The van der Waals surface area contributed by atoms with Crippen molar-refractivity contribution in [2.75, 3.05) is 13.2 Å². The lowest BCUT2D eigenvalue weighted by Gasteiger charge is -2.26. The van der Waals surface area contributed by atoms with E-state index in [1.54, 1.807) is 6.07 Å². The van der Waals surface area contributed by atoms with Gasteiger partial charge in [0.15, 0.2) is 11.5 Å². The van der Waals surface area contributed by atoms with E-state index in [0.29, 0.717) is 29.7 Å². The van der Waals surface area contributed by atoms with Gasteiger partial charge in [-0.3, -0.25) is 4.79 Å². The zero-order valence-electron chi connectivity index (χ0n) is 13.0. The van der Waals surface area contributed by atoms with Crippen LogP contribution in [0.25, 0.3) is 0 Å². The molecule has 2 aliphatic rings. The van der Waals surface area contributed by atoms with E-state index in [-0.39, 0.29) is 24.5 Å². The normalized spacial score (nSPS) is 23.9. The predicted octanol–water partition coefficient (Wildman–Crippen LogP) is 2.46. The average Bonchev–Trinajstić information content (AvgIpc) is 2.75. The maximum atomic E-state index is 12.2. The number of ether oxygens (including phenoxy) is 2. The second-order valence-corrected chi connectivity index (χ2v) is 6.61. The van der Waals surface area contributed by atoms with E-state index in [1.165, 1.54) is 0 Å². The molecule has 6 heteroatoms. The van der Waals surface area contributed by atoms with E-state index >= 15 is 0 Å². The van der Waals surface area contributed by atoms with Crippen molar-refractivity contribution in [2.45, 2.75) is 50.7 Å². The summed E-state index contributed by atoms with van der Waals surface area (Å²) in [6.45, 7) is 1.17. The molecular weight excluding hydrogens is 318 g/mol. The van der Waals surface area contributed by atoms with Crippen molar-refractivity contribution in [1.82, 2.24) is 5.32 Å². The molecule has 1 amide bonds. The minimum Gasteiger partial charge on any atom is -0.489 e. The highest BCUT2D eigenvalue weighted by molar-refractivity contribution is 6.32. The number of aliphatic hydroxyl groups is 1. The maximum absolute atomic E-state index is 12.2. The number of amides is 1. The van der Waals surface area contributed by atoms with Crippen molar-refractivity contribution in [3.8, 4) is 11.5 Å². The van der Waals surface area contributed by atoms with Gasteiger partial charge >= 0.3 is 0 Å². The van der Waals surface area contributed by atoms with Gasteiger partial charge in [-0.2, -0.15) is 0 Å². The molecule has 126 valence electrons. The monoisotopic (exact) mass is 339 g/mol. The summed E-state index contributed by atoms with van der Waals surface area (Å²) in [4.78, 5) is 12.2. The Balaban J connectivity index is 1.62. The molecule has 1 aliphatic heterocycles. The molecule has 0 atom stereocenters. The van der Waals surface area contributed by atoms with Gasteiger partial charge in [0.2, 0.25) is 5.91 Å². The molecule has 0 radical (unpaired) electrons. The lowest BCUT2D eigenvalue weighted by Crippen LogP contribution is -2.39. The smallest absolute Gasteiger partial charge is 0.224 e. The van der Waals surface area contributed by atoms with Gasteiger partial charge in [0.1, 0.15) is 0 Å². The van der Waals surface area contributed by atoms with Gasteiger partial charge in [-0.15, -0.1) is 0 Å². The van der Waals surface area contributed by atoms with Crippen LogP contribution in [0.15, 0.2) is 12.1 Å². The summed E-state index contributed by atoms with van der Waals surface area (Å²) in [7, 11) is 0. The summed E-state index contributed by atoms with van der Waals surface area (Å²) in [5, 5.41) is 13.0. The van der Waals surface area contributed by atoms with Crippen molar-refractivity contribution >= 4 is 17.5 Å². The Bertz CT molecular complexity index is 570. The van der Waals surface area contributed by atoms with Crippen molar-refractivity contribution in [3.63, 3.8) is 0 Å². The second-order valence-electron chi connectivity index (χ2n) is 6.21. The zero-order valence-corrected chi connectivity index (χ0v) is 13.8. The Morgan fingerprint density at radius 3 is 2.74 bits per heavy atom. The summed E-state index contributed by atoms with van der Waals surface area (Å²) in [5.41, 5.74) is 0.813. The molecule has 1 aromatic carbocycles. The van der Waals surface area contributed by atoms with Crippen LogP contribution < -0.4 is 14.8 Å². The van der Waals surface area contributed by atoms with Crippen LogP contribution in [0.4, 0.5) is 0 Å². The summed E-state index contributed by atoms with van der Waals surface area (Å²) in [6.07, 6.45) is 4.01. The van der Waals surface area contributed by atoms with Gasteiger partial charge in [0.05, 0.1) is 30.8 Å². The molecule has 1 heterocycles. The zero-order chi connectivity index (χ0) is 16.2. The molecule has 1 fully saturated rings. The molecule has 23 heavy (non-hydrogen) atoms. The maximum Gasteiger partial charge on any atom is 0.224 e. The topological polar surface area (TPSA) is 67.8 Å². The highest BCUT2D eigenvalue weighted by Crippen LogP contribution is 2.38. The molecule has 1 aromatic rings. The van der Waals surface area contributed by atoms with Crippen LogP contribution in [0.3, 0.4) is 0 Å². The van der Waals surface area contributed by atoms with E-state index in [4.69, 9.17) is 21.1 Å². The molecule has 1 saturated carbocycles. The predicted molar refractivity (Wildman–Crippen MR) is 87.2 cm³/mol. The number of rotatable bonds is 3. The van der Waals surface area contributed by atoms with Crippen LogP contribution in [0.1, 0.15) is 37.7 Å². The van der Waals surface area contributed by atoms with Gasteiger partial charge in [-0.05, 0) is 43.4 Å². The Morgan fingerprint density at radius 2 is 1.96 bits per heavy atom. The summed E-state index contributed by atoms with van der Waals surface area (Å²) >= 11 is 6.25. The molecule has 5 nitrogen and oxygen atoms in total. The number of nitrogens with one attached hydrogen (secondary N) is 1. The minimum absolute atomic E-state index is 0.0306. The first kappa shape index (κ1) is 16.4. The third-order valence-corrected chi connectivity index (χ3v) is 4.57. The Kier molecular flexibility index (Phi) is 5.28. The van der Waals surface area contributed by atoms with Gasteiger partial charge in [0.25, 0.3) is 0 Å². The van der Waals surface area contributed by atoms with Crippen molar-refractivity contribution < 1.29 is 19.4 Å². The van der Waals surface area contributed by atoms with Crippen LogP contribution >= 0.6 is 11.6 Å². The van der Waals surface area contributed by atoms with Crippen LogP contribution in [-0.4, -0.2) is 36.4 Å². The number of carbonyl (C=O) groups excluding carboxylic acids is 1. The SMILES string of the molecule is O=C(Cc1cc(Cl)c2c(c1)OCCCO2)NC1CCC(O)CC1. The van der Waals surface area contributed by atoms with Crippen LogP contribution in [-0.2, 0) is 11.2 Å².